The smallest absolute Gasteiger partial charge is 0.255 e. The summed E-state index contributed by atoms with van der Waals surface area (Å²) in [6, 6.07) is 12.4. The number of carbonyl (C=O) groups is 1. The summed E-state index contributed by atoms with van der Waals surface area (Å²) in [5.74, 6) is -0.122. The zero-order valence-electron chi connectivity index (χ0n) is 11.4. The molecule has 0 radical (unpaired) electrons. The molecule has 0 fully saturated rings. The minimum Gasteiger partial charge on any atom is -0.508 e. The highest BCUT2D eigenvalue weighted by molar-refractivity contribution is 6.04. The molecular weight excluding hydrogens is 252 g/mol. The van der Waals surface area contributed by atoms with E-state index in [1.165, 1.54) is 6.07 Å². The number of carbonyl (C=O) groups excluding carboxylic acids is 1. The Morgan fingerprint density at radius 1 is 1.20 bits per heavy atom. The summed E-state index contributed by atoms with van der Waals surface area (Å²) in [4.78, 5) is 12.0. The van der Waals surface area contributed by atoms with Crippen molar-refractivity contribution < 1.29 is 9.90 Å². The Bertz CT molecular complexity index is 606. The molecule has 0 saturated carbocycles. The van der Waals surface area contributed by atoms with E-state index in [-0.39, 0.29) is 11.7 Å². The highest BCUT2D eigenvalue weighted by Gasteiger charge is 2.08. The molecule has 0 aliphatic carbocycles. The highest BCUT2D eigenvalue weighted by Crippen LogP contribution is 2.18. The topological polar surface area (TPSA) is 75.4 Å². The first-order valence-corrected chi connectivity index (χ1v) is 6.50. The van der Waals surface area contributed by atoms with Crippen LogP contribution in [0.1, 0.15) is 21.5 Å². The second-order valence-electron chi connectivity index (χ2n) is 4.69. The quantitative estimate of drug-likeness (QED) is 0.798. The standard InChI is InChI=1S/C16H18N2O2/c1-11-2-5-13(10-15(11)19)16(20)18-14-6-3-12(4-7-14)8-9-17/h2-7,10,19H,8-9,17H2,1H3,(H,18,20). The van der Waals surface area contributed by atoms with Crippen LogP contribution in [0.5, 0.6) is 5.75 Å². The number of rotatable bonds is 4. The number of hydrogen-bond donors (Lipinski definition) is 3. The summed E-state index contributed by atoms with van der Waals surface area (Å²) >= 11 is 0. The van der Waals surface area contributed by atoms with Crippen LogP contribution in [-0.2, 0) is 6.42 Å². The minimum absolute atomic E-state index is 0.121. The van der Waals surface area contributed by atoms with Gasteiger partial charge in [0.1, 0.15) is 5.75 Å². The normalized spacial score (nSPS) is 10.3. The second-order valence-corrected chi connectivity index (χ2v) is 4.69. The highest BCUT2D eigenvalue weighted by atomic mass is 16.3. The lowest BCUT2D eigenvalue weighted by molar-refractivity contribution is 0.102. The van der Waals surface area contributed by atoms with Gasteiger partial charge in [-0.1, -0.05) is 18.2 Å². The van der Waals surface area contributed by atoms with Crippen molar-refractivity contribution in [1.82, 2.24) is 0 Å². The van der Waals surface area contributed by atoms with E-state index in [2.05, 4.69) is 5.32 Å². The Morgan fingerprint density at radius 3 is 2.50 bits per heavy atom. The Kier molecular flexibility index (Phi) is 4.38. The van der Waals surface area contributed by atoms with Crippen LogP contribution >= 0.6 is 0 Å². The number of amides is 1. The molecule has 1 amide bonds. The van der Waals surface area contributed by atoms with E-state index >= 15 is 0 Å². The lowest BCUT2D eigenvalue weighted by atomic mass is 10.1. The number of nitrogens with two attached hydrogens (primary N) is 1. The number of phenolic OH excluding ortho intramolecular Hbond substituents is 1. The first kappa shape index (κ1) is 14.1. The zero-order valence-corrected chi connectivity index (χ0v) is 11.4. The number of aryl methyl sites for hydroxylation is 1. The van der Waals surface area contributed by atoms with Crippen LogP contribution in [0, 0.1) is 6.92 Å². The van der Waals surface area contributed by atoms with E-state index in [0.29, 0.717) is 12.1 Å². The maximum Gasteiger partial charge on any atom is 0.255 e. The minimum atomic E-state index is -0.244. The van der Waals surface area contributed by atoms with Crippen molar-refractivity contribution in [3.8, 4) is 5.75 Å². The molecule has 0 aromatic heterocycles. The largest absolute Gasteiger partial charge is 0.508 e. The molecule has 0 bridgehead atoms. The first-order valence-electron chi connectivity index (χ1n) is 6.50. The van der Waals surface area contributed by atoms with Gasteiger partial charge < -0.3 is 16.2 Å². The number of anilines is 1. The van der Waals surface area contributed by atoms with Gasteiger partial charge >= 0.3 is 0 Å². The van der Waals surface area contributed by atoms with E-state index in [0.717, 1.165) is 23.2 Å². The van der Waals surface area contributed by atoms with Gasteiger partial charge in [-0.2, -0.15) is 0 Å². The van der Waals surface area contributed by atoms with Crippen molar-refractivity contribution >= 4 is 11.6 Å². The Morgan fingerprint density at radius 2 is 1.90 bits per heavy atom. The van der Waals surface area contributed by atoms with E-state index in [9.17, 15) is 9.90 Å². The molecule has 0 spiro atoms. The van der Waals surface area contributed by atoms with Gasteiger partial charge in [0.25, 0.3) is 5.91 Å². The molecular formula is C16H18N2O2. The van der Waals surface area contributed by atoms with Crippen LogP contribution in [0.3, 0.4) is 0 Å². The molecule has 2 rings (SSSR count). The molecule has 4 heteroatoms. The van der Waals surface area contributed by atoms with Gasteiger partial charge in [0, 0.05) is 11.3 Å². The zero-order chi connectivity index (χ0) is 14.5. The summed E-state index contributed by atoms with van der Waals surface area (Å²) in [6.07, 6.45) is 0.820. The molecule has 0 aliphatic heterocycles. The predicted octanol–water partition coefficient (Wildman–Crippen LogP) is 2.45. The van der Waals surface area contributed by atoms with Gasteiger partial charge in [-0.15, -0.1) is 0 Å². The number of aromatic hydroxyl groups is 1. The monoisotopic (exact) mass is 270 g/mol. The third-order valence-corrected chi connectivity index (χ3v) is 3.12. The van der Waals surface area contributed by atoms with Crippen LogP contribution < -0.4 is 11.1 Å². The lowest BCUT2D eigenvalue weighted by Crippen LogP contribution is -2.12. The van der Waals surface area contributed by atoms with Crippen LogP contribution in [-0.4, -0.2) is 17.6 Å². The average molecular weight is 270 g/mol. The Labute approximate surface area is 118 Å². The molecule has 20 heavy (non-hydrogen) atoms. The third-order valence-electron chi connectivity index (χ3n) is 3.12. The fourth-order valence-corrected chi connectivity index (χ4v) is 1.88. The SMILES string of the molecule is Cc1ccc(C(=O)Nc2ccc(CCN)cc2)cc1O. The summed E-state index contributed by atoms with van der Waals surface area (Å²) in [5.41, 5.74) is 8.52. The first-order chi connectivity index (χ1) is 9.60. The summed E-state index contributed by atoms with van der Waals surface area (Å²) in [7, 11) is 0. The van der Waals surface area contributed by atoms with E-state index < -0.39 is 0 Å². The number of benzene rings is 2. The maximum atomic E-state index is 12.0. The van der Waals surface area contributed by atoms with Crippen LogP contribution in [0.25, 0.3) is 0 Å². The van der Waals surface area contributed by atoms with Gasteiger partial charge in [0.05, 0.1) is 0 Å². The van der Waals surface area contributed by atoms with Gasteiger partial charge in [-0.25, -0.2) is 0 Å². The summed E-state index contributed by atoms with van der Waals surface area (Å²) in [5, 5.41) is 12.4. The molecule has 4 nitrogen and oxygen atoms in total. The summed E-state index contributed by atoms with van der Waals surface area (Å²) < 4.78 is 0. The second kappa shape index (κ2) is 6.21. The van der Waals surface area contributed by atoms with E-state index in [4.69, 9.17) is 5.73 Å². The molecule has 0 saturated heterocycles. The molecule has 0 heterocycles. The predicted molar refractivity (Wildman–Crippen MR) is 80.0 cm³/mol. The van der Waals surface area contributed by atoms with Crippen LogP contribution in [0.15, 0.2) is 42.5 Å². The van der Waals surface area contributed by atoms with Gasteiger partial charge in [-0.05, 0) is 55.3 Å². The fraction of sp³-hybridized carbons (Fsp3) is 0.188. The Hall–Kier alpha value is -2.33. The number of nitrogens with one attached hydrogen (secondary N) is 1. The molecule has 2 aromatic carbocycles. The molecule has 0 atom stereocenters. The fourth-order valence-electron chi connectivity index (χ4n) is 1.88. The van der Waals surface area contributed by atoms with Crippen molar-refractivity contribution in [3.63, 3.8) is 0 Å². The third kappa shape index (κ3) is 3.36. The summed E-state index contributed by atoms with van der Waals surface area (Å²) in [6.45, 7) is 2.39. The van der Waals surface area contributed by atoms with Crippen molar-refractivity contribution in [2.45, 2.75) is 13.3 Å². The Balaban J connectivity index is 2.08. The van der Waals surface area contributed by atoms with E-state index in [1.807, 2.05) is 24.3 Å². The van der Waals surface area contributed by atoms with Crippen molar-refractivity contribution in [3.05, 3.63) is 59.2 Å². The molecule has 2 aromatic rings. The van der Waals surface area contributed by atoms with Crippen LogP contribution in [0.2, 0.25) is 0 Å². The lowest BCUT2D eigenvalue weighted by Gasteiger charge is -2.07. The van der Waals surface area contributed by atoms with Gasteiger partial charge in [-0.3, -0.25) is 4.79 Å². The molecule has 4 N–H and O–H groups in total. The van der Waals surface area contributed by atoms with Crippen molar-refractivity contribution in [2.24, 2.45) is 5.73 Å². The average Bonchev–Trinajstić information content (AvgIpc) is 2.44. The molecule has 0 unspecified atom stereocenters. The molecule has 0 aliphatic rings. The number of hydrogen-bond acceptors (Lipinski definition) is 3. The van der Waals surface area contributed by atoms with Gasteiger partial charge in [0.2, 0.25) is 0 Å². The van der Waals surface area contributed by atoms with Crippen molar-refractivity contribution in [2.75, 3.05) is 11.9 Å². The van der Waals surface area contributed by atoms with Crippen molar-refractivity contribution in [1.29, 1.82) is 0 Å². The van der Waals surface area contributed by atoms with E-state index in [1.54, 1.807) is 19.1 Å². The van der Waals surface area contributed by atoms with Gasteiger partial charge in [0.15, 0.2) is 0 Å². The number of phenols is 1. The molecule has 104 valence electrons. The maximum absolute atomic E-state index is 12.0. The van der Waals surface area contributed by atoms with Crippen LogP contribution in [0.4, 0.5) is 5.69 Å².